The van der Waals surface area contributed by atoms with Crippen molar-refractivity contribution in [3.05, 3.63) is 11.1 Å². The van der Waals surface area contributed by atoms with E-state index in [0.717, 1.165) is 11.3 Å². The van der Waals surface area contributed by atoms with E-state index in [-0.39, 0.29) is 5.71 Å². The summed E-state index contributed by atoms with van der Waals surface area (Å²) in [6.07, 6.45) is -0.616. The normalized spacial score (nSPS) is 12.3. The molecule has 0 aliphatic heterocycles. The number of aliphatic hydroxyl groups excluding tert-OH is 1. The van der Waals surface area contributed by atoms with Crippen LogP contribution in [0.2, 0.25) is 0 Å². The van der Waals surface area contributed by atoms with Crippen molar-refractivity contribution in [1.82, 2.24) is 4.98 Å². The van der Waals surface area contributed by atoms with E-state index in [1.54, 1.807) is 26.2 Å². The molecule has 1 rings (SSSR count). The highest BCUT2D eigenvalue weighted by Crippen LogP contribution is 2.17. The highest BCUT2D eigenvalue weighted by Gasteiger charge is 2.17. The summed E-state index contributed by atoms with van der Waals surface area (Å²) in [5.74, 6) is 0. The van der Waals surface area contributed by atoms with Gasteiger partial charge in [-0.25, -0.2) is 9.78 Å². The van der Waals surface area contributed by atoms with E-state index in [0.29, 0.717) is 10.8 Å². The number of nitrogens with one attached hydrogen (secondary N) is 1. The van der Waals surface area contributed by atoms with Gasteiger partial charge in [0.1, 0.15) is 17.0 Å². The Hall–Kier alpha value is -1.67. The summed E-state index contributed by atoms with van der Waals surface area (Å²) < 4.78 is 5.05. The Balaban J connectivity index is 2.67. The maximum atomic E-state index is 11.5. The van der Waals surface area contributed by atoms with Gasteiger partial charge >= 0.3 is 6.09 Å². The SMILES string of the molecule is CC(C)(C)OC(=O)Nc1nc(/C(CO)=N/O)cs1. The lowest BCUT2D eigenvalue weighted by molar-refractivity contribution is 0.0636. The molecule has 0 aliphatic carbocycles. The topological polar surface area (TPSA) is 104 Å². The van der Waals surface area contributed by atoms with Crippen LogP contribution in [0.4, 0.5) is 9.93 Å². The molecular weight excluding hydrogens is 258 g/mol. The van der Waals surface area contributed by atoms with Crippen molar-refractivity contribution in [3.63, 3.8) is 0 Å². The van der Waals surface area contributed by atoms with Crippen LogP contribution in [0.15, 0.2) is 10.5 Å². The van der Waals surface area contributed by atoms with Gasteiger partial charge in [0.2, 0.25) is 0 Å². The number of carbonyl (C=O) groups excluding carboxylic acids is 1. The Morgan fingerprint density at radius 2 is 2.28 bits per heavy atom. The van der Waals surface area contributed by atoms with Crippen LogP contribution >= 0.6 is 11.3 Å². The van der Waals surface area contributed by atoms with Crippen LogP contribution in [0, 0.1) is 0 Å². The van der Waals surface area contributed by atoms with Gasteiger partial charge in [-0.1, -0.05) is 5.16 Å². The second-order valence-electron chi connectivity index (χ2n) is 4.37. The molecule has 0 aromatic carbocycles. The molecule has 0 unspecified atom stereocenters. The number of aliphatic hydroxyl groups is 1. The Labute approximate surface area is 108 Å². The molecule has 100 valence electrons. The van der Waals surface area contributed by atoms with Gasteiger partial charge < -0.3 is 15.1 Å². The van der Waals surface area contributed by atoms with Crippen LogP contribution in [0.25, 0.3) is 0 Å². The Morgan fingerprint density at radius 1 is 1.61 bits per heavy atom. The molecule has 0 radical (unpaired) electrons. The fourth-order valence-electron chi connectivity index (χ4n) is 1.02. The number of oxime groups is 1. The minimum atomic E-state index is -0.616. The zero-order chi connectivity index (χ0) is 13.8. The summed E-state index contributed by atoms with van der Waals surface area (Å²) in [6, 6.07) is 0. The summed E-state index contributed by atoms with van der Waals surface area (Å²) in [5, 5.41) is 24.7. The van der Waals surface area contributed by atoms with E-state index in [9.17, 15) is 4.79 Å². The number of rotatable bonds is 3. The lowest BCUT2D eigenvalue weighted by Crippen LogP contribution is -2.27. The first kappa shape index (κ1) is 14.4. The van der Waals surface area contributed by atoms with E-state index < -0.39 is 18.3 Å². The van der Waals surface area contributed by atoms with Gasteiger partial charge in [0.05, 0.1) is 6.61 Å². The quantitative estimate of drug-likeness (QED) is 0.441. The fourth-order valence-corrected chi connectivity index (χ4v) is 1.72. The van der Waals surface area contributed by atoms with Gasteiger partial charge in [-0.05, 0) is 20.8 Å². The third-order valence-corrected chi connectivity index (χ3v) is 2.44. The highest BCUT2D eigenvalue weighted by molar-refractivity contribution is 7.14. The molecule has 0 aliphatic rings. The van der Waals surface area contributed by atoms with Gasteiger partial charge in [0.15, 0.2) is 5.13 Å². The first-order chi connectivity index (χ1) is 8.35. The van der Waals surface area contributed by atoms with Crippen LogP contribution in [0.5, 0.6) is 0 Å². The molecule has 1 aromatic rings. The second-order valence-corrected chi connectivity index (χ2v) is 5.23. The largest absolute Gasteiger partial charge is 0.444 e. The zero-order valence-electron chi connectivity index (χ0n) is 10.3. The summed E-state index contributed by atoms with van der Waals surface area (Å²) in [4.78, 5) is 15.4. The molecular formula is C10H15N3O4S. The summed E-state index contributed by atoms with van der Waals surface area (Å²) in [6.45, 7) is 4.82. The minimum Gasteiger partial charge on any atom is -0.444 e. The summed E-state index contributed by atoms with van der Waals surface area (Å²) in [5.41, 5.74) is -0.257. The van der Waals surface area contributed by atoms with Gasteiger partial charge in [-0.3, -0.25) is 5.32 Å². The molecule has 3 N–H and O–H groups in total. The third kappa shape index (κ3) is 4.30. The Morgan fingerprint density at radius 3 is 2.78 bits per heavy atom. The van der Waals surface area contributed by atoms with Crippen molar-refractivity contribution in [2.75, 3.05) is 11.9 Å². The molecule has 0 fully saturated rings. The fraction of sp³-hybridized carbons (Fsp3) is 0.500. The van der Waals surface area contributed by atoms with Crippen molar-refractivity contribution >= 4 is 28.3 Å². The molecule has 18 heavy (non-hydrogen) atoms. The first-order valence-electron chi connectivity index (χ1n) is 5.13. The van der Waals surface area contributed by atoms with Crippen molar-refractivity contribution in [2.24, 2.45) is 5.16 Å². The number of carbonyl (C=O) groups is 1. The molecule has 1 heterocycles. The van der Waals surface area contributed by atoms with Gasteiger partial charge in [-0.15, -0.1) is 11.3 Å². The number of hydrogen-bond donors (Lipinski definition) is 3. The number of thiazole rings is 1. The van der Waals surface area contributed by atoms with Gasteiger partial charge in [0, 0.05) is 5.38 Å². The average molecular weight is 273 g/mol. The van der Waals surface area contributed by atoms with E-state index >= 15 is 0 Å². The Kier molecular flexibility index (Phi) is 4.62. The van der Waals surface area contributed by atoms with E-state index in [1.165, 1.54) is 0 Å². The summed E-state index contributed by atoms with van der Waals surface area (Å²) in [7, 11) is 0. The number of hydrogen-bond acceptors (Lipinski definition) is 7. The number of amides is 1. The minimum absolute atomic E-state index is 0.0310. The molecule has 0 atom stereocenters. The lowest BCUT2D eigenvalue weighted by atomic mass is 10.2. The molecule has 0 bridgehead atoms. The monoisotopic (exact) mass is 273 g/mol. The number of anilines is 1. The second kappa shape index (κ2) is 5.78. The van der Waals surface area contributed by atoms with Crippen molar-refractivity contribution < 1.29 is 19.8 Å². The van der Waals surface area contributed by atoms with E-state index in [4.69, 9.17) is 15.1 Å². The average Bonchev–Trinajstić information content (AvgIpc) is 2.65. The molecule has 1 amide bonds. The Bertz CT molecular complexity index is 450. The molecule has 8 heteroatoms. The third-order valence-electron chi connectivity index (χ3n) is 1.68. The maximum Gasteiger partial charge on any atom is 0.413 e. The molecule has 0 saturated heterocycles. The maximum absolute atomic E-state index is 11.5. The van der Waals surface area contributed by atoms with Crippen LogP contribution in [-0.2, 0) is 4.74 Å². The number of ether oxygens (including phenoxy) is 1. The van der Waals surface area contributed by atoms with E-state index in [1.807, 2.05) is 0 Å². The lowest BCUT2D eigenvalue weighted by Gasteiger charge is -2.18. The molecule has 7 nitrogen and oxygen atoms in total. The van der Waals surface area contributed by atoms with E-state index in [2.05, 4.69) is 15.5 Å². The molecule has 0 spiro atoms. The van der Waals surface area contributed by atoms with Crippen LogP contribution in [0.1, 0.15) is 26.5 Å². The summed E-state index contributed by atoms with van der Waals surface area (Å²) >= 11 is 1.14. The van der Waals surface area contributed by atoms with Crippen molar-refractivity contribution in [3.8, 4) is 0 Å². The van der Waals surface area contributed by atoms with Crippen molar-refractivity contribution in [1.29, 1.82) is 0 Å². The van der Waals surface area contributed by atoms with Crippen LogP contribution in [0.3, 0.4) is 0 Å². The molecule has 0 saturated carbocycles. The number of nitrogens with zero attached hydrogens (tertiary/aromatic N) is 2. The first-order valence-corrected chi connectivity index (χ1v) is 6.01. The van der Waals surface area contributed by atoms with Crippen molar-refractivity contribution in [2.45, 2.75) is 26.4 Å². The van der Waals surface area contributed by atoms with Gasteiger partial charge in [-0.2, -0.15) is 0 Å². The highest BCUT2D eigenvalue weighted by atomic mass is 32.1. The smallest absolute Gasteiger partial charge is 0.413 e. The number of aromatic nitrogens is 1. The standard InChI is InChI=1S/C10H15N3O4S/c1-10(2,3)17-9(15)12-8-11-7(5-18-8)6(4-14)13-16/h5,14,16H,4H2,1-3H3,(H,11,12,15)/b13-6+. The predicted octanol–water partition coefficient (Wildman–Crippen LogP) is 1.66. The van der Waals surface area contributed by atoms with Gasteiger partial charge in [0.25, 0.3) is 0 Å². The predicted molar refractivity (Wildman–Crippen MR) is 67.4 cm³/mol. The van der Waals surface area contributed by atoms with Crippen LogP contribution in [-0.4, -0.2) is 39.3 Å². The zero-order valence-corrected chi connectivity index (χ0v) is 11.1. The van der Waals surface area contributed by atoms with Crippen LogP contribution < -0.4 is 5.32 Å². The molecule has 1 aromatic heterocycles.